The molecule has 0 atom stereocenters. The molecule has 3 aliphatic rings. The molecule has 1 saturated heterocycles. The van der Waals surface area contributed by atoms with E-state index < -0.39 is 10.0 Å². The van der Waals surface area contributed by atoms with Crippen molar-refractivity contribution >= 4 is 44.0 Å². The van der Waals surface area contributed by atoms with E-state index in [0.717, 1.165) is 34.2 Å². The Hall–Kier alpha value is -3.47. The summed E-state index contributed by atoms with van der Waals surface area (Å²) in [5.74, 6) is 0.263. The van der Waals surface area contributed by atoms with Crippen LogP contribution < -0.4 is 15.0 Å². The van der Waals surface area contributed by atoms with Gasteiger partial charge in [0, 0.05) is 67.7 Å². The Morgan fingerprint density at radius 1 is 1.13 bits per heavy atom. The van der Waals surface area contributed by atoms with Crippen LogP contribution in [0, 0.1) is 5.92 Å². The monoisotopic (exact) mass is 549 g/mol. The number of nitrogens with one attached hydrogen (secondary N) is 1. The van der Waals surface area contributed by atoms with Crippen LogP contribution in [0.5, 0.6) is 5.75 Å². The molecular formula is C29H31N3O6S. The third-order valence-corrected chi connectivity index (χ3v) is 9.79. The zero-order valence-corrected chi connectivity index (χ0v) is 22.6. The van der Waals surface area contributed by atoms with Gasteiger partial charge in [0.25, 0.3) is 5.91 Å². The highest BCUT2D eigenvalue weighted by Gasteiger charge is 2.34. The first-order valence-electron chi connectivity index (χ1n) is 13.3. The molecule has 1 fully saturated rings. The number of carbonyl (C=O) groups is 2. The summed E-state index contributed by atoms with van der Waals surface area (Å²) < 4.78 is 38.6. The van der Waals surface area contributed by atoms with Gasteiger partial charge >= 0.3 is 0 Å². The van der Waals surface area contributed by atoms with Gasteiger partial charge in [-0.25, -0.2) is 8.42 Å². The second-order valence-corrected chi connectivity index (χ2v) is 12.1. The predicted molar refractivity (Wildman–Crippen MR) is 148 cm³/mol. The summed E-state index contributed by atoms with van der Waals surface area (Å²) in [6, 6.07) is 14.3. The molecule has 0 aromatic heterocycles. The number of fused-ring (bicyclic) bond motifs is 1. The van der Waals surface area contributed by atoms with Crippen LogP contribution in [0.2, 0.25) is 0 Å². The van der Waals surface area contributed by atoms with Gasteiger partial charge in [-0.3, -0.25) is 9.59 Å². The van der Waals surface area contributed by atoms with Crippen molar-refractivity contribution in [2.24, 2.45) is 5.92 Å². The number of sulfonamides is 1. The van der Waals surface area contributed by atoms with Gasteiger partial charge in [-0.05, 0) is 61.2 Å². The number of piperidine rings is 1. The van der Waals surface area contributed by atoms with Gasteiger partial charge in [-0.2, -0.15) is 4.31 Å². The number of rotatable bonds is 8. The lowest BCUT2D eigenvalue weighted by atomic mass is 9.96. The van der Waals surface area contributed by atoms with Crippen LogP contribution >= 0.6 is 0 Å². The fraction of sp³-hybridized carbons (Fsp3) is 0.379. The van der Waals surface area contributed by atoms with Crippen molar-refractivity contribution in [3.63, 3.8) is 0 Å². The van der Waals surface area contributed by atoms with Gasteiger partial charge < -0.3 is 19.7 Å². The number of methoxy groups -OCH3 is 1. The van der Waals surface area contributed by atoms with Gasteiger partial charge in [0.05, 0.1) is 17.2 Å². The van der Waals surface area contributed by atoms with Crippen molar-refractivity contribution in [3.05, 3.63) is 59.7 Å². The molecule has 3 heterocycles. The van der Waals surface area contributed by atoms with Crippen LogP contribution in [0.15, 0.2) is 53.4 Å². The van der Waals surface area contributed by atoms with Gasteiger partial charge in [0.1, 0.15) is 5.75 Å². The highest BCUT2D eigenvalue weighted by Crippen LogP contribution is 2.41. The molecule has 2 amide bonds. The maximum atomic E-state index is 13.3. The standard InChI is InChI=1S/C29H31N3O6S/c1-37-16-3-13-32-25-8-7-24(22-4-2-5-23(27(22)25)29(32)34)30-28(33)19-10-14-31(15-11-19)39(35,36)21-6-9-26-20(18-21)12-17-38-26/h2,4-9,18-19H,3,10-17H2,1H3,(H,30,33). The highest BCUT2D eigenvalue weighted by atomic mass is 32.2. The molecule has 0 radical (unpaired) electrons. The van der Waals surface area contributed by atoms with Gasteiger partial charge in [0.15, 0.2) is 0 Å². The van der Waals surface area contributed by atoms with Gasteiger partial charge in [-0.1, -0.05) is 12.1 Å². The zero-order valence-electron chi connectivity index (χ0n) is 21.8. The normalized spacial score (nSPS) is 17.5. The molecular weight excluding hydrogens is 518 g/mol. The fourth-order valence-electron chi connectivity index (χ4n) is 5.81. The maximum Gasteiger partial charge on any atom is 0.258 e. The van der Waals surface area contributed by atoms with E-state index in [0.29, 0.717) is 50.3 Å². The zero-order chi connectivity index (χ0) is 27.1. The Balaban J connectivity index is 1.15. The minimum atomic E-state index is -3.64. The third-order valence-electron chi connectivity index (χ3n) is 7.90. The number of hydrogen-bond acceptors (Lipinski definition) is 6. The summed E-state index contributed by atoms with van der Waals surface area (Å²) in [4.78, 5) is 28.4. The average molecular weight is 550 g/mol. The first-order valence-corrected chi connectivity index (χ1v) is 14.8. The molecule has 0 aliphatic carbocycles. The van der Waals surface area contributed by atoms with Crippen molar-refractivity contribution in [2.75, 3.05) is 50.2 Å². The van der Waals surface area contributed by atoms with Crippen LogP contribution in [0.1, 0.15) is 35.2 Å². The Labute approximate surface area is 227 Å². The van der Waals surface area contributed by atoms with Crippen LogP contribution in [-0.2, 0) is 26.0 Å². The maximum absolute atomic E-state index is 13.3. The molecule has 3 aromatic carbocycles. The van der Waals surface area contributed by atoms with Crippen molar-refractivity contribution < 1.29 is 27.5 Å². The average Bonchev–Trinajstić information content (AvgIpc) is 3.53. The van der Waals surface area contributed by atoms with Crippen molar-refractivity contribution in [2.45, 2.75) is 30.6 Å². The van der Waals surface area contributed by atoms with Crippen molar-refractivity contribution in [3.8, 4) is 5.75 Å². The van der Waals surface area contributed by atoms with E-state index in [1.165, 1.54) is 4.31 Å². The Bertz CT molecular complexity index is 1560. The summed E-state index contributed by atoms with van der Waals surface area (Å²) in [5, 5.41) is 4.73. The van der Waals surface area contributed by atoms with E-state index in [1.54, 1.807) is 30.2 Å². The van der Waals surface area contributed by atoms with Gasteiger partial charge in [-0.15, -0.1) is 0 Å². The molecule has 3 aliphatic heterocycles. The molecule has 0 spiro atoms. The van der Waals surface area contributed by atoms with E-state index in [4.69, 9.17) is 9.47 Å². The lowest BCUT2D eigenvalue weighted by molar-refractivity contribution is -0.120. The number of ether oxygens (including phenoxy) is 2. The largest absolute Gasteiger partial charge is 0.493 e. The van der Waals surface area contributed by atoms with Crippen LogP contribution in [0.4, 0.5) is 11.4 Å². The molecule has 9 nitrogen and oxygen atoms in total. The number of benzene rings is 3. The van der Waals surface area contributed by atoms with E-state index >= 15 is 0 Å². The SMILES string of the molecule is COCCCN1C(=O)c2cccc3c(NC(=O)C4CCN(S(=O)(=O)c5ccc6c(c5)CCO6)CC4)ccc1c23. The topological polar surface area (TPSA) is 105 Å². The van der Waals surface area contributed by atoms with Crippen molar-refractivity contribution in [1.29, 1.82) is 0 Å². The minimum absolute atomic E-state index is 0.0420. The van der Waals surface area contributed by atoms with Crippen LogP contribution in [0.25, 0.3) is 10.8 Å². The Morgan fingerprint density at radius 2 is 1.95 bits per heavy atom. The molecule has 0 unspecified atom stereocenters. The molecule has 0 bridgehead atoms. The molecule has 10 heteroatoms. The fourth-order valence-corrected chi connectivity index (χ4v) is 7.33. The summed E-state index contributed by atoms with van der Waals surface area (Å²) in [7, 11) is -2.00. The summed E-state index contributed by atoms with van der Waals surface area (Å²) in [5.41, 5.74) is 3.04. The second-order valence-electron chi connectivity index (χ2n) is 10.2. The molecule has 39 heavy (non-hydrogen) atoms. The Kier molecular flexibility index (Phi) is 6.78. The molecule has 0 saturated carbocycles. The summed E-state index contributed by atoms with van der Waals surface area (Å²) >= 11 is 0. The smallest absolute Gasteiger partial charge is 0.258 e. The van der Waals surface area contributed by atoms with E-state index in [2.05, 4.69) is 5.32 Å². The van der Waals surface area contributed by atoms with E-state index in [1.807, 2.05) is 30.3 Å². The van der Waals surface area contributed by atoms with Crippen LogP contribution in [0.3, 0.4) is 0 Å². The predicted octanol–water partition coefficient (Wildman–Crippen LogP) is 3.81. The van der Waals surface area contributed by atoms with E-state index in [9.17, 15) is 18.0 Å². The second kappa shape index (κ2) is 10.3. The quantitative estimate of drug-likeness (QED) is 0.429. The number of carbonyl (C=O) groups excluding carboxylic acids is 2. The molecule has 204 valence electrons. The third kappa shape index (κ3) is 4.56. The molecule has 3 aromatic rings. The highest BCUT2D eigenvalue weighted by molar-refractivity contribution is 7.89. The first kappa shape index (κ1) is 25.8. The number of hydrogen-bond donors (Lipinski definition) is 1. The molecule has 6 rings (SSSR count). The molecule has 1 N–H and O–H groups in total. The minimum Gasteiger partial charge on any atom is -0.493 e. The number of anilines is 2. The Morgan fingerprint density at radius 3 is 2.74 bits per heavy atom. The lowest BCUT2D eigenvalue weighted by Gasteiger charge is -2.30. The van der Waals surface area contributed by atoms with E-state index in [-0.39, 0.29) is 35.7 Å². The first-order chi connectivity index (χ1) is 18.9. The summed E-state index contributed by atoms with van der Waals surface area (Å²) in [6.07, 6.45) is 2.31. The van der Waals surface area contributed by atoms with Crippen LogP contribution in [-0.4, -0.2) is 64.5 Å². The summed E-state index contributed by atoms with van der Waals surface area (Å²) in [6.45, 7) is 2.26. The van der Waals surface area contributed by atoms with Crippen molar-refractivity contribution in [1.82, 2.24) is 4.31 Å². The lowest BCUT2D eigenvalue weighted by Crippen LogP contribution is -2.41. The van der Waals surface area contributed by atoms with Gasteiger partial charge in [0.2, 0.25) is 15.9 Å². The number of nitrogens with zero attached hydrogens (tertiary/aromatic N) is 2. The number of amides is 2.